The van der Waals surface area contributed by atoms with Crippen LogP contribution in [0, 0.1) is 0 Å². The topological polar surface area (TPSA) is 56.7 Å². The summed E-state index contributed by atoms with van der Waals surface area (Å²) in [6.07, 6.45) is 0. The van der Waals surface area contributed by atoms with Crippen molar-refractivity contribution in [2.45, 2.75) is 0 Å². The zero-order chi connectivity index (χ0) is 41.0. The molecule has 9 aromatic carbocycles. The first-order valence-electron chi connectivity index (χ1n) is 20.8. The van der Waals surface area contributed by atoms with E-state index in [1.54, 1.807) is 0 Å². The van der Waals surface area contributed by atoms with E-state index in [-0.39, 0.29) is 0 Å². The minimum atomic E-state index is 0.608. The summed E-state index contributed by atoms with van der Waals surface area (Å²) in [5.74, 6) is 1.84. The molecule has 12 rings (SSSR count). The Bertz CT molecular complexity index is 3590. The molecule has 0 atom stereocenters. The lowest BCUT2D eigenvalue weighted by Gasteiger charge is -2.11. The summed E-state index contributed by atoms with van der Waals surface area (Å²) in [6.45, 7) is 0. The van der Waals surface area contributed by atoms with E-state index in [4.69, 9.17) is 19.4 Å². The van der Waals surface area contributed by atoms with Crippen LogP contribution in [0.25, 0.3) is 117 Å². The van der Waals surface area contributed by atoms with Crippen molar-refractivity contribution < 1.29 is 4.42 Å². The molecule has 290 valence electrons. The van der Waals surface area contributed by atoms with Crippen molar-refractivity contribution >= 4 is 43.7 Å². The van der Waals surface area contributed by atoms with Crippen LogP contribution in [0.2, 0.25) is 0 Å². The van der Waals surface area contributed by atoms with Crippen molar-refractivity contribution in [2.24, 2.45) is 0 Å². The van der Waals surface area contributed by atoms with Crippen molar-refractivity contribution in [2.75, 3.05) is 0 Å². The third kappa shape index (κ3) is 6.14. The first kappa shape index (κ1) is 35.5. The molecule has 0 saturated carbocycles. The molecule has 0 amide bonds. The zero-order valence-corrected chi connectivity index (χ0v) is 33.5. The maximum atomic E-state index is 6.62. The van der Waals surface area contributed by atoms with E-state index in [0.29, 0.717) is 17.5 Å². The van der Waals surface area contributed by atoms with Crippen LogP contribution in [-0.4, -0.2) is 19.5 Å². The Labute approximate surface area is 357 Å². The van der Waals surface area contributed by atoms with Gasteiger partial charge in [0.05, 0.1) is 11.0 Å². The average molecular weight is 793 g/mol. The molecular formula is C57H36N4O. The molecule has 0 bridgehead atoms. The molecule has 62 heavy (non-hydrogen) atoms. The van der Waals surface area contributed by atoms with Gasteiger partial charge in [-0.1, -0.05) is 176 Å². The largest absolute Gasteiger partial charge is 0.456 e. The third-order valence-corrected chi connectivity index (χ3v) is 11.9. The summed E-state index contributed by atoms with van der Waals surface area (Å²) >= 11 is 0. The first-order valence-corrected chi connectivity index (χ1v) is 20.8. The van der Waals surface area contributed by atoms with Gasteiger partial charge in [0.15, 0.2) is 17.5 Å². The fraction of sp³-hybridized carbons (Fsp3) is 0. The van der Waals surface area contributed by atoms with Crippen LogP contribution in [0.1, 0.15) is 0 Å². The molecule has 5 nitrogen and oxygen atoms in total. The Morgan fingerprint density at radius 1 is 0.306 bits per heavy atom. The summed E-state index contributed by atoms with van der Waals surface area (Å²) in [5, 5.41) is 4.53. The second-order valence-corrected chi connectivity index (χ2v) is 15.6. The number of aromatic nitrogens is 4. The molecule has 5 heteroatoms. The van der Waals surface area contributed by atoms with E-state index < -0.39 is 0 Å². The van der Waals surface area contributed by atoms with Gasteiger partial charge >= 0.3 is 0 Å². The number of hydrogen-bond donors (Lipinski definition) is 0. The number of hydrogen-bond acceptors (Lipinski definition) is 4. The fourth-order valence-electron chi connectivity index (χ4n) is 8.86. The predicted molar refractivity (Wildman–Crippen MR) is 254 cm³/mol. The lowest BCUT2D eigenvalue weighted by atomic mass is 9.98. The van der Waals surface area contributed by atoms with Gasteiger partial charge in [-0.05, 0) is 75.8 Å². The van der Waals surface area contributed by atoms with Gasteiger partial charge in [-0.15, -0.1) is 0 Å². The number of nitrogens with zero attached hydrogens (tertiary/aromatic N) is 4. The maximum absolute atomic E-state index is 6.62. The Kier molecular flexibility index (Phi) is 8.42. The van der Waals surface area contributed by atoms with Gasteiger partial charge in [0.1, 0.15) is 11.2 Å². The molecule has 0 aliphatic carbocycles. The standard InChI is InChI=1S/C57H36N4O/c1-4-14-37(15-5-1)39-26-30-41(31-27-39)55-58-56(60-57(59-55)44-19-12-18-43(34-44)38-16-6-2-7-17-38)42-32-28-40(29-33-42)46-23-13-25-52-54(46)49-35-51-48(36-53(49)62-52)47-22-10-11-24-50(47)61(51)45-20-8-3-9-21-45/h1-36H. The summed E-state index contributed by atoms with van der Waals surface area (Å²) in [6, 6.07) is 76.2. The van der Waals surface area contributed by atoms with Gasteiger partial charge in [-0.25, -0.2) is 15.0 Å². The molecule has 0 spiro atoms. The molecule has 0 saturated heterocycles. The molecule has 0 aliphatic heterocycles. The Balaban J connectivity index is 0.973. The van der Waals surface area contributed by atoms with E-state index in [9.17, 15) is 0 Å². The second-order valence-electron chi connectivity index (χ2n) is 15.6. The van der Waals surface area contributed by atoms with Gasteiger partial charge in [-0.2, -0.15) is 0 Å². The predicted octanol–water partition coefficient (Wildman–Crippen LogP) is 14.9. The summed E-state index contributed by atoms with van der Waals surface area (Å²) < 4.78 is 8.98. The van der Waals surface area contributed by atoms with E-state index in [0.717, 1.165) is 88.6 Å². The zero-order valence-electron chi connectivity index (χ0n) is 33.5. The van der Waals surface area contributed by atoms with Gasteiger partial charge in [-0.3, -0.25) is 0 Å². The Morgan fingerprint density at radius 3 is 1.52 bits per heavy atom. The minimum absolute atomic E-state index is 0.608. The second kappa shape index (κ2) is 14.7. The smallest absolute Gasteiger partial charge is 0.164 e. The van der Waals surface area contributed by atoms with E-state index in [1.807, 2.05) is 12.1 Å². The van der Waals surface area contributed by atoms with Crippen molar-refractivity contribution in [3.05, 3.63) is 218 Å². The molecule has 0 aliphatic rings. The minimum Gasteiger partial charge on any atom is -0.456 e. The van der Waals surface area contributed by atoms with Crippen LogP contribution in [0.5, 0.6) is 0 Å². The van der Waals surface area contributed by atoms with E-state index in [1.165, 1.54) is 10.9 Å². The molecule has 3 heterocycles. The molecule has 3 aromatic heterocycles. The third-order valence-electron chi connectivity index (χ3n) is 11.9. The molecule has 12 aromatic rings. The van der Waals surface area contributed by atoms with E-state index in [2.05, 4.69) is 211 Å². The number of fused-ring (bicyclic) bond motifs is 6. The van der Waals surface area contributed by atoms with Crippen LogP contribution in [0.4, 0.5) is 0 Å². The number of rotatable bonds is 7. The Hall–Kier alpha value is -8.41. The van der Waals surface area contributed by atoms with Gasteiger partial charge in [0.25, 0.3) is 0 Å². The van der Waals surface area contributed by atoms with E-state index >= 15 is 0 Å². The Morgan fingerprint density at radius 2 is 0.823 bits per heavy atom. The summed E-state index contributed by atoms with van der Waals surface area (Å²) in [7, 11) is 0. The van der Waals surface area contributed by atoms with Crippen LogP contribution >= 0.6 is 0 Å². The molecule has 0 radical (unpaired) electrons. The number of furan rings is 1. The lowest BCUT2D eigenvalue weighted by molar-refractivity contribution is 0.669. The van der Waals surface area contributed by atoms with Gasteiger partial charge in [0.2, 0.25) is 0 Å². The number of benzene rings is 9. The van der Waals surface area contributed by atoms with Crippen LogP contribution in [-0.2, 0) is 0 Å². The average Bonchev–Trinajstić information content (AvgIpc) is 3.89. The lowest BCUT2D eigenvalue weighted by Crippen LogP contribution is -2.00. The van der Waals surface area contributed by atoms with Gasteiger partial charge in [0, 0.05) is 43.9 Å². The highest BCUT2D eigenvalue weighted by Gasteiger charge is 2.19. The van der Waals surface area contributed by atoms with Crippen LogP contribution < -0.4 is 0 Å². The highest BCUT2D eigenvalue weighted by Crippen LogP contribution is 2.42. The quantitative estimate of drug-likeness (QED) is 0.161. The highest BCUT2D eigenvalue weighted by atomic mass is 16.3. The molecule has 0 N–H and O–H groups in total. The first-order chi connectivity index (χ1) is 30.7. The summed E-state index contributed by atoms with van der Waals surface area (Å²) in [4.78, 5) is 15.3. The van der Waals surface area contributed by atoms with Crippen LogP contribution in [0.3, 0.4) is 0 Å². The van der Waals surface area contributed by atoms with Gasteiger partial charge < -0.3 is 8.98 Å². The molecule has 0 fully saturated rings. The van der Waals surface area contributed by atoms with Crippen molar-refractivity contribution in [1.29, 1.82) is 0 Å². The SMILES string of the molecule is c1ccc(-c2ccc(-c3nc(-c4ccc(-c5cccc6oc7cc8c9ccccc9n(-c9ccccc9)c8cc7c56)cc4)nc(-c4cccc(-c5ccccc5)c4)n3)cc2)cc1. The summed E-state index contributed by atoms with van der Waals surface area (Å²) in [5.41, 5.74) is 14.6. The molecule has 0 unspecified atom stereocenters. The highest BCUT2D eigenvalue weighted by molar-refractivity contribution is 6.19. The van der Waals surface area contributed by atoms with Crippen molar-refractivity contribution in [3.63, 3.8) is 0 Å². The fourth-order valence-corrected chi connectivity index (χ4v) is 8.86. The van der Waals surface area contributed by atoms with Crippen LogP contribution in [0.15, 0.2) is 223 Å². The molecular weight excluding hydrogens is 757 g/mol. The van der Waals surface area contributed by atoms with Crippen molar-refractivity contribution in [3.8, 4) is 73.2 Å². The maximum Gasteiger partial charge on any atom is 0.164 e. The normalized spacial score (nSPS) is 11.5. The monoisotopic (exact) mass is 792 g/mol. The number of para-hydroxylation sites is 2. The van der Waals surface area contributed by atoms with Crippen molar-refractivity contribution in [1.82, 2.24) is 19.5 Å².